The van der Waals surface area contributed by atoms with Gasteiger partial charge in [-0.05, 0) is 24.3 Å². The first-order valence-corrected chi connectivity index (χ1v) is 7.36. The summed E-state index contributed by atoms with van der Waals surface area (Å²) < 4.78 is 5.86. The Hall–Kier alpha value is -0.860. The van der Waals surface area contributed by atoms with Gasteiger partial charge in [-0.1, -0.05) is 11.8 Å². The molecule has 2 saturated heterocycles. The van der Waals surface area contributed by atoms with Gasteiger partial charge in [-0.3, -0.25) is 4.90 Å². The van der Waals surface area contributed by atoms with E-state index in [9.17, 15) is 0 Å². The Labute approximate surface area is 112 Å². The molecule has 2 aliphatic rings. The molecule has 4 heteroatoms. The lowest BCUT2D eigenvalue weighted by Crippen LogP contribution is -2.41. The van der Waals surface area contributed by atoms with Gasteiger partial charge in [0, 0.05) is 30.1 Å². The average molecular weight is 262 g/mol. The van der Waals surface area contributed by atoms with E-state index < -0.39 is 0 Å². The van der Waals surface area contributed by atoms with Crippen molar-refractivity contribution < 1.29 is 4.74 Å². The lowest BCUT2D eigenvalue weighted by atomic mass is 10.2. The maximum Gasteiger partial charge on any atom is 0.0707 e. The van der Waals surface area contributed by atoms with Crippen LogP contribution in [-0.4, -0.2) is 36.7 Å². The second-order valence-corrected chi connectivity index (χ2v) is 5.92. The fraction of sp³-hybridized carbons (Fsp3) is 0.571. The smallest absolute Gasteiger partial charge is 0.0707 e. The van der Waals surface area contributed by atoms with Gasteiger partial charge in [0.15, 0.2) is 0 Å². The summed E-state index contributed by atoms with van der Waals surface area (Å²) in [6, 6.07) is 2.09. The largest absolute Gasteiger partial charge is 0.372 e. The lowest BCUT2D eigenvalue weighted by molar-refractivity contribution is -0.0407. The van der Waals surface area contributed by atoms with Crippen molar-refractivity contribution in [1.29, 1.82) is 0 Å². The molecular formula is C14H18N2OS. The average Bonchev–Trinajstić information content (AvgIpc) is 2.94. The van der Waals surface area contributed by atoms with Crippen LogP contribution in [0.3, 0.4) is 0 Å². The van der Waals surface area contributed by atoms with Crippen LogP contribution in [0.4, 0.5) is 0 Å². The number of nitrogens with two attached hydrogens (primary N) is 1. The zero-order chi connectivity index (χ0) is 12.4. The fourth-order valence-corrected chi connectivity index (χ4v) is 3.62. The standard InChI is InChI=1S/C14H18N2OS/c15-6-1-2-11-5-7-18-14(11)10-16-8-12-3-4-13(9-16)17-12/h5,7,12-13H,3-4,6,8-10,15H2. The van der Waals surface area contributed by atoms with Crippen molar-refractivity contribution >= 4 is 11.3 Å². The number of likely N-dealkylation sites (tertiary alicyclic amines) is 1. The van der Waals surface area contributed by atoms with E-state index in [0.29, 0.717) is 18.8 Å². The van der Waals surface area contributed by atoms with Crippen molar-refractivity contribution in [3.8, 4) is 11.8 Å². The monoisotopic (exact) mass is 262 g/mol. The third kappa shape index (κ3) is 2.60. The Morgan fingerprint density at radius 3 is 2.89 bits per heavy atom. The minimum absolute atomic E-state index is 0.428. The number of rotatable bonds is 2. The van der Waals surface area contributed by atoms with Crippen LogP contribution in [-0.2, 0) is 11.3 Å². The lowest BCUT2D eigenvalue weighted by Gasteiger charge is -2.31. The van der Waals surface area contributed by atoms with Crippen LogP contribution in [0.15, 0.2) is 11.4 Å². The van der Waals surface area contributed by atoms with Gasteiger partial charge >= 0.3 is 0 Å². The van der Waals surface area contributed by atoms with E-state index in [4.69, 9.17) is 10.5 Å². The normalized spacial score (nSPS) is 26.9. The van der Waals surface area contributed by atoms with Crippen molar-refractivity contribution in [3.05, 3.63) is 21.9 Å². The van der Waals surface area contributed by atoms with E-state index in [1.165, 1.54) is 17.7 Å². The van der Waals surface area contributed by atoms with E-state index >= 15 is 0 Å². The number of fused-ring (bicyclic) bond motifs is 2. The summed E-state index contributed by atoms with van der Waals surface area (Å²) in [6.45, 7) is 3.57. The summed E-state index contributed by atoms with van der Waals surface area (Å²) in [4.78, 5) is 3.86. The van der Waals surface area contributed by atoms with E-state index in [0.717, 1.165) is 25.2 Å². The van der Waals surface area contributed by atoms with Gasteiger partial charge in [-0.2, -0.15) is 0 Å². The maximum atomic E-state index is 5.86. The highest BCUT2D eigenvalue weighted by Crippen LogP contribution is 2.28. The molecule has 0 radical (unpaired) electrons. The number of ether oxygens (including phenoxy) is 1. The van der Waals surface area contributed by atoms with Gasteiger partial charge in [0.1, 0.15) is 0 Å². The topological polar surface area (TPSA) is 38.5 Å². The number of hydrogen-bond acceptors (Lipinski definition) is 4. The Morgan fingerprint density at radius 1 is 1.39 bits per heavy atom. The van der Waals surface area contributed by atoms with E-state index in [1.54, 1.807) is 11.3 Å². The highest BCUT2D eigenvalue weighted by molar-refractivity contribution is 7.10. The summed E-state index contributed by atoms with van der Waals surface area (Å²) in [6.07, 6.45) is 3.38. The van der Waals surface area contributed by atoms with Crippen LogP contribution in [0.5, 0.6) is 0 Å². The first kappa shape index (κ1) is 12.2. The molecular weight excluding hydrogens is 244 g/mol. The Morgan fingerprint density at radius 2 is 2.17 bits per heavy atom. The molecule has 0 saturated carbocycles. The van der Waals surface area contributed by atoms with Crippen LogP contribution >= 0.6 is 11.3 Å². The summed E-state index contributed by atoms with van der Waals surface area (Å²) in [7, 11) is 0. The second kappa shape index (κ2) is 5.41. The minimum atomic E-state index is 0.428. The third-order valence-corrected chi connectivity index (χ3v) is 4.46. The fourth-order valence-electron chi connectivity index (χ4n) is 2.75. The molecule has 0 aliphatic carbocycles. The molecule has 3 nitrogen and oxygen atoms in total. The molecule has 18 heavy (non-hydrogen) atoms. The summed E-state index contributed by atoms with van der Waals surface area (Å²) in [5.41, 5.74) is 6.57. The van der Waals surface area contributed by atoms with Gasteiger partial charge in [-0.25, -0.2) is 0 Å². The zero-order valence-electron chi connectivity index (χ0n) is 10.4. The van der Waals surface area contributed by atoms with Gasteiger partial charge in [-0.15, -0.1) is 11.3 Å². The molecule has 3 heterocycles. The molecule has 2 atom stereocenters. The Bertz CT molecular complexity index is 462. The van der Waals surface area contributed by atoms with Crippen LogP contribution < -0.4 is 5.73 Å². The van der Waals surface area contributed by atoms with Gasteiger partial charge < -0.3 is 10.5 Å². The first-order valence-electron chi connectivity index (χ1n) is 6.48. The first-order chi connectivity index (χ1) is 8.85. The molecule has 96 valence electrons. The molecule has 2 N–H and O–H groups in total. The predicted octanol–water partition coefficient (Wildman–Crippen LogP) is 1.42. The molecule has 0 aromatic carbocycles. The summed E-state index contributed by atoms with van der Waals surface area (Å²) >= 11 is 1.79. The van der Waals surface area contributed by atoms with Crippen LogP contribution in [0, 0.1) is 11.8 Å². The molecule has 0 amide bonds. The Kier molecular flexibility index (Phi) is 3.67. The molecule has 0 spiro atoms. The van der Waals surface area contributed by atoms with Gasteiger partial charge in [0.25, 0.3) is 0 Å². The molecule has 3 rings (SSSR count). The van der Waals surface area contributed by atoms with Crippen LogP contribution in [0.2, 0.25) is 0 Å². The van der Waals surface area contributed by atoms with Crippen molar-refractivity contribution in [2.24, 2.45) is 5.73 Å². The Balaban J connectivity index is 1.67. The predicted molar refractivity (Wildman–Crippen MR) is 73.4 cm³/mol. The molecule has 2 aliphatic heterocycles. The summed E-state index contributed by atoms with van der Waals surface area (Å²) in [5.74, 6) is 6.10. The number of morpholine rings is 1. The van der Waals surface area contributed by atoms with Crippen LogP contribution in [0.1, 0.15) is 23.3 Å². The molecule has 2 fully saturated rings. The molecule has 1 aromatic heterocycles. The van der Waals surface area contributed by atoms with Crippen molar-refractivity contribution in [3.63, 3.8) is 0 Å². The highest BCUT2D eigenvalue weighted by Gasteiger charge is 2.33. The van der Waals surface area contributed by atoms with E-state index in [1.807, 2.05) is 0 Å². The SMILES string of the molecule is NCC#Cc1ccsc1CN1CC2CCC(C1)O2. The second-order valence-electron chi connectivity index (χ2n) is 4.91. The number of thiophene rings is 1. The minimum Gasteiger partial charge on any atom is -0.372 e. The van der Waals surface area contributed by atoms with Crippen molar-refractivity contribution in [1.82, 2.24) is 4.90 Å². The van der Waals surface area contributed by atoms with E-state index in [-0.39, 0.29) is 0 Å². The number of hydrogen-bond donors (Lipinski definition) is 1. The quantitative estimate of drug-likeness (QED) is 0.819. The summed E-state index contributed by atoms with van der Waals surface area (Å²) in [5, 5.41) is 2.12. The number of nitrogens with zero attached hydrogens (tertiary/aromatic N) is 1. The molecule has 2 unspecified atom stereocenters. The maximum absolute atomic E-state index is 5.86. The van der Waals surface area contributed by atoms with Gasteiger partial charge in [0.05, 0.1) is 18.8 Å². The third-order valence-electron chi connectivity index (χ3n) is 3.56. The van der Waals surface area contributed by atoms with Crippen molar-refractivity contribution in [2.75, 3.05) is 19.6 Å². The molecule has 2 bridgehead atoms. The van der Waals surface area contributed by atoms with E-state index in [2.05, 4.69) is 28.2 Å². The van der Waals surface area contributed by atoms with Crippen LogP contribution in [0.25, 0.3) is 0 Å². The zero-order valence-corrected chi connectivity index (χ0v) is 11.2. The van der Waals surface area contributed by atoms with Gasteiger partial charge in [0.2, 0.25) is 0 Å². The molecule has 1 aromatic rings. The highest BCUT2D eigenvalue weighted by atomic mass is 32.1. The van der Waals surface area contributed by atoms with Crippen molar-refractivity contribution in [2.45, 2.75) is 31.6 Å².